The summed E-state index contributed by atoms with van der Waals surface area (Å²) in [5.74, 6) is -0.954. The lowest BCUT2D eigenvalue weighted by atomic mass is 10.4. The van der Waals surface area contributed by atoms with Crippen LogP contribution in [0.4, 0.5) is 0 Å². The Hall–Kier alpha value is 0.400. The fraction of sp³-hybridized carbons (Fsp3) is 0.833. The van der Waals surface area contributed by atoms with E-state index < -0.39 is 15.5 Å². The number of aliphatic hydroxyl groups excluding tert-OH is 3. The largest absolute Gasteiger partial charge is 0.481 e. The molecule has 0 fully saturated rings. The molecular formula is C6H14O5S3. The summed E-state index contributed by atoms with van der Waals surface area (Å²) >= 11 is 11.2. The standard InChI is InChI=1S/C3H8O3.C3H6O2S3/c4-1-3(6)2-5;4-2(5)1-3(6,7)8/h3-6H,1-2H2;6-8H,1H2,(H,4,5). The first-order chi connectivity index (χ1) is 6.22. The molecule has 0 bridgehead atoms. The summed E-state index contributed by atoms with van der Waals surface area (Å²) in [5, 5.41) is 32.1. The molecule has 0 radical (unpaired) electrons. The Morgan fingerprint density at radius 2 is 1.57 bits per heavy atom. The minimum absolute atomic E-state index is 0.164. The van der Waals surface area contributed by atoms with E-state index in [0.717, 1.165) is 0 Å². The minimum atomic E-state index is -0.994. The van der Waals surface area contributed by atoms with Gasteiger partial charge in [-0.05, 0) is 0 Å². The fourth-order valence-corrected chi connectivity index (χ4v) is 0.666. The Morgan fingerprint density at radius 1 is 1.21 bits per heavy atom. The van der Waals surface area contributed by atoms with Crippen molar-refractivity contribution in [1.82, 2.24) is 0 Å². The monoisotopic (exact) mass is 262 g/mol. The maximum absolute atomic E-state index is 9.87. The zero-order valence-corrected chi connectivity index (χ0v) is 9.92. The highest BCUT2D eigenvalue weighted by molar-refractivity contribution is 8.17. The average molecular weight is 262 g/mol. The van der Waals surface area contributed by atoms with E-state index in [1.807, 2.05) is 0 Å². The van der Waals surface area contributed by atoms with Crippen LogP contribution in [0.15, 0.2) is 0 Å². The van der Waals surface area contributed by atoms with Crippen molar-refractivity contribution < 1.29 is 25.2 Å². The van der Waals surface area contributed by atoms with Gasteiger partial charge in [0, 0.05) is 0 Å². The molecule has 0 aromatic carbocycles. The minimum Gasteiger partial charge on any atom is -0.481 e. The molecule has 0 spiro atoms. The van der Waals surface area contributed by atoms with E-state index >= 15 is 0 Å². The van der Waals surface area contributed by atoms with Crippen LogP contribution >= 0.6 is 37.9 Å². The molecular weight excluding hydrogens is 248 g/mol. The van der Waals surface area contributed by atoms with Gasteiger partial charge < -0.3 is 20.4 Å². The van der Waals surface area contributed by atoms with Crippen molar-refractivity contribution in [2.45, 2.75) is 15.9 Å². The van der Waals surface area contributed by atoms with E-state index in [1.165, 1.54) is 0 Å². The molecule has 0 amide bonds. The van der Waals surface area contributed by atoms with E-state index in [0.29, 0.717) is 0 Å². The fourth-order valence-electron chi connectivity index (χ4n) is 0.261. The summed E-state index contributed by atoms with van der Waals surface area (Å²) in [7, 11) is 0. The Balaban J connectivity index is 0. The molecule has 0 aromatic heterocycles. The summed E-state index contributed by atoms with van der Waals surface area (Å²) in [6.07, 6.45) is -1.12. The van der Waals surface area contributed by atoms with E-state index in [1.54, 1.807) is 0 Å². The highest BCUT2D eigenvalue weighted by atomic mass is 32.2. The second kappa shape index (κ2) is 8.69. The molecule has 0 unspecified atom stereocenters. The lowest BCUT2D eigenvalue weighted by Crippen LogP contribution is -2.15. The third kappa shape index (κ3) is 18.2. The number of hydrogen-bond acceptors (Lipinski definition) is 7. The topological polar surface area (TPSA) is 98.0 Å². The van der Waals surface area contributed by atoms with Crippen LogP contribution < -0.4 is 0 Å². The van der Waals surface area contributed by atoms with Crippen molar-refractivity contribution in [2.75, 3.05) is 13.2 Å². The van der Waals surface area contributed by atoms with E-state index in [4.69, 9.17) is 20.4 Å². The van der Waals surface area contributed by atoms with Gasteiger partial charge in [0.05, 0.1) is 19.6 Å². The second-order valence-electron chi connectivity index (χ2n) is 2.36. The molecule has 4 N–H and O–H groups in total. The molecule has 0 rings (SSSR count). The molecule has 0 atom stereocenters. The summed E-state index contributed by atoms with van der Waals surface area (Å²) in [6, 6.07) is 0. The van der Waals surface area contributed by atoms with Crippen LogP contribution in [0.3, 0.4) is 0 Å². The van der Waals surface area contributed by atoms with Gasteiger partial charge in [-0.1, -0.05) is 0 Å². The first kappa shape index (κ1) is 16.8. The van der Waals surface area contributed by atoms with Crippen LogP contribution in [-0.4, -0.2) is 49.1 Å². The number of rotatable bonds is 4. The van der Waals surface area contributed by atoms with Crippen molar-refractivity contribution >= 4 is 43.9 Å². The predicted molar refractivity (Wildman–Crippen MR) is 62.1 cm³/mol. The van der Waals surface area contributed by atoms with Crippen LogP contribution in [0, 0.1) is 0 Å². The van der Waals surface area contributed by atoms with Crippen LogP contribution in [0.1, 0.15) is 6.42 Å². The van der Waals surface area contributed by atoms with E-state index in [9.17, 15) is 4.79 Å². The summed E-state index contributed by atoms with van der Waals surface area (Å²) in [4.78, 5) is 9.87. The van der Waals surface area contributed by atoms with Gasteiger partial charge in [-0.15, -0.1) is 0 Å². The van der Waals surface area contributed by atoms with Gasteiger partial charge in [-0.25, -0.2) is 0 Å². The molecule has 0 aromatic rings. The van der Waals surface area contributed by atoms with Gasteiger partial charge in [0.1, 0.15) is 9.52 Å². The Bertz CT molecular complexity index is 154. The summed E-state index contributed by atoms with van der Waals surface area (Å²) < 4.78 is -0.994. The van der Waals surface area contributed by atoms with E-state index in [-0.39, 0.29) is 19.6 Å². The number of carbonyl (C=O) groups is 1. The van der Waals surface area contributed by atoms with Crippen molar-refractivity contribution in [2.24, 2.45) is 0 Å². The Labute approximate surface area is 98.4 Å². The molecule has 14 heavy (non-hydrogen) atoms. The lowest BCUT2D eigenvalue weighted by Gasteiger charge is -2.09. The molecule has 5 nitrogen and oxygen atoms in total. The first-order valence-corrected chi connectivity index (χ1v) is 4.85. The molecule has 0 heterocycles. The second-order valence-corrected chi connectivity index (χ2v) is 5.71. The highest BCUT2D eigenvalue weighted by Gasteiger charge is 2.17. The maximum Gasteiger partial charge on any atom is 0.306 e. The summed E-state index contributed by atoms with van der Waals surface area (Å²) in [5.41, 5.74) is 0. The summed E-state index contributed by atoms with van der Waals surface area (Å²) in [6.45, 7) is -0.729. The predicted octanol–water partition coefficient (Wildman–Crippen LogP) is -0.764. The molecule has 0 aliphatic heterocycles. The highest BCUT2D eigenvalue weighted by Crippen LogP contribution is 2.27. The number of carboxylic acid groups (broad SMARTS) is 1. The van der Waals surface area contributed by atoms with Crippen molar-refractivity contribution in [3.63, 3.8) is 0 Å². The molecule has 0 aliphatic rings. The number of aliphatic hydroxyl groups is 3. The van der Waals surface area contributed by atoms with Crippen molar-refractivity contribution in [3.05, 3.63) is 0 Å². The van der Waals surface area contributed by atoms with Gasteiger partial charge in [0.25, 0.3) is 0 Å². The molecule has 0 saturated carbocycles. The zero-order chi connectivity index (χ0) is 11.8. The van der Waals surface area contributed by atoms with Crippen LogP contribution in [-0.2, 0) is 4.79 Å². The molecule has 8 heteroatoms. The Kier molecular flexibility index (Phi) is 10.4. The number of hydrogen-bond donors (Lipinski definition) is 7. The van der Waals surface area contributed by atoms with Gasteiger partial charge in [0.2, 0.25) is 0 Å². The van der Waals surface area contributed by atoms with Gasteiger partial charge in [-0.2, -0.15) is 37.9 Å². The van der Waals surface area contributed by atoms with Crippen LogP contribution in [0.25, 0.3) is 0 Å². The number of carboxylic acids is 1. The maximum atomic E-state index is 9.87. The van der Waals surface area contributed by atoms with Crippen LogP contribution in [0.2, 0.25) is 0 Å². The molecule has 0 saturated heterocycles. The SMILES string of the molecule is O=C(O)CC(S)(S)S.OCC(O)CO. The van der Waals surface area contributed by atoms with E-state index in [2.05, 4.69) is 37.9 Å². The van der Waals surface area contributed by atoms with Crippen LogP contribution in [0.5, 0.6) is 0 Å². The smallest absolute Gasteiger partial charge is 0.306 e. The zero-order valence-electron chi connectivity index (χ0n) is 7.24. The van der Waals surface area contributed by atoms with Gasteiger partial charge >= 0.3 is 5.97 Å². The molecule has 0 aliphatic carbocycles. The third-order valence-corrected chi connectivity index (χ3v) is 1.28. The average Bonchev–Trinajstić information content (AvgIpc) is 1.99. The van der Waals surface area contributed by atoms with Gasteiger partial charge in [-0.3, -0.25) is 4.79 Å². The quantitative estimate of drug-likeness (QED) is 0.267. The first-order valence-electron chi connectivity index (χ1n) is 3.51. The van der Waals surface area contributed by atoms with Crippen molar-refractivity contribution in [3.8, 4) is 0 Å². The van der Waals surface area contributed by atoms with Gasteiger partial charge in [0.15, 0.2) is 0 Å². The normalized spacial score (nSPS) is 10.8. The number of thiol groups is 3. The lowest BCUT2D eigenvalue weighted by molar-refractivity contribution is -0.136. The third-order valence-electron chi connectivity index (χ3n) is 0.810. The molecule has 86 valence electrons. The van der Waals surface area contributed by atoms with Crippen molar-refractivity contribution in [1.29, 1.82) is 0 Å². The Morgan fingerprint density at radius 3 is 1.57 bits per heavy atom. The number of aliphatic carboxylic acids is 1.